The maximum absolute atomic E-state index is 11.2. The summed E-state index contributed by atoms with van der Waals surface area (Å²) in [5.74, 6) is 0.248. The van der Waals surface area contributed by atoms with Crippen molar-refractivity contribution in [2.75, 3.05) is 11.9 Å². The van der Waals surface area contributed by atoms with E-state index < -0.39 is 5.97 Å². The molecule has 0 bridgehead atoms. The summed E-state index contributed by atoms with van der Waals surface area (Å²) in [7, 11) is 3.68. The SMILES string of the molecule is CN(Cc1nccn1C)c1ncc(Br)cc1C(=O)O. The fourth-order valence-electron chi connectivity index (χ4n) is 1.73. The molecule has 19 heavy (non-hydrogen) atoms. The number of rotatable bonds is 4. The Labute approximate surface area is 118 Å². The number of carbonyl (C=O) groups is 1. The Bertz CT molecular complexity index is 612. The van der Waals surface area contributed by atoms with Crippen LogP contribution in [-0.4, -0.2) is 32.7 Å². The first kappa shape index (κ1) is 13.5. The summed E-state index contributed by atoms with van der Waals surface area (Å²) in [6.07, 6.45) is 5.13. The van der Waals surface area contributed by atoms with Crippen LogP contribution >= 0.6 is 15.9 Å². The third kappa shape index (κ3) is 2.93. The molecular weight excluding hydrogens is 312 g/mol. The molecule has 100 valence electrons. The zero-order valence-corrected chi connectivity index (χ0v) is 12.1. The fraction of sp³-hybridized carbons (Fsp3) is 0.250. The number of aromatic carboxylic acids is 1. The Morgan fingerprint density at radius 3 is 2.84 bits per heavy atom. The largest absolute Gasteiger partial charge is 0.478 e. The van der Waals surface area contributed by atoms with Gasteiger partial charge in [0.1, 0.15) is 17.2 Å². The Hall–Kier alpha value is -1.89. The Morgan fingerprint density at radius 2 is 2.26 bits per heavy atom. The molecule has 7 heteroatoms. The van der Waals surface area contributed by atoms with Crippen molar-refractivity contribution >= 4 is 27.7 Å². The summed E-state index contributed by atoms with van der Waals surface area (Å²) in [4.78, 5) is 21.4. The molecule has 1 N–H and O–H groups in total. The molecule has 0 aliphatic carbocycles. The van der Waals surface area contributed by atoms with Gasteiger partial charge in [0.25, 0.3) is 0 Å². The maximum Gasteiger partial charge on any atom is 0.339 e. The van der Waals surface area contributed by atoms with Crippen molar-refractivity contribution in [3.8, 4) is 0 Å². The lowest BCUT2D eigenvalue weighted by atomic mass is 10.2. The van der Waals surface area contributed by atoms with E-state index in [2.05, 4.69) is 25.9 Å². The second-order valence-corrected chi connectivity index (χ2v) is 5.06. The molecule has 0 atom stereocenters. The van der Waals surface area contributed by atoms with E-state index in [1.807, 2.05) is 17.8 Å². The van der Waals surface area contributed by atoms with E-state index in [9.17, 15) is 9.90 Å². The molecule has 0 aliphatic heterocycles. The number of carboxylic acids is 1. The first-order valence-electron chi connectivity index (χ1n) is 5.55. The highest BCUT2D eigenvalue weighted by atomic mass is 79.9. The molecule has 2 aromatic rings. The summed E-state index contributed by atoms with van der Waals surface area (Å²) in [6, 6.07) is 1.54. The van der Waals surface area contributed by atoms with Gasteiger partial charge in [-0.15, -0.1) is 0 Å². The highest BCUT2D eigenvalue weighted by Gasteiger charge is 2.16. The number of anilines is 1. The predicted octanol–water partition coefficient (Wildman–Crippen LogP) is 1.91. The number of hydrogen-bond acceptors (Lipinski definition) is 4. The summed E-state index contributed by atoms with van der Waals surface area (Å²) in [5.41, 5.74) is 0.158. The third-order valence-corrected chi connectivity index (χ3v) is 3.16. The first-order chi connectivity index (χ1) is 8.99. The second-order valence-electron chi connectivity index (χ2n) is 4.14. The Morgan fingerprint density at radius 1 is 1.53 bits per heavy atom. The van der Waals surface area contributed by atoms with Gasteiger partial charge in [-0.25, -0.2) is 14.8 Å². The van der Waals surface area contributed by atoms with Crippen molar-refractivity contribution in [3.63, 3.8) is 0 Å². The number of carboxylic acid groups (broad SMARTS) is 1. The number of imidazole rings is 1. The van der Waals surface area contributed by atoms with Crippen LogP contribution in [0.3, 0.4) is 0 Å². The van der Waals surface area contributed by atoms with Gasteiger partial charge in [-0.1, -0.05) is 0 Å². The number of aromatic nitrogens is 3. The predicted molar refractivity (Wildman–Crippen MR) is 74.2 cm³/mol. The molecule has 0 radical (unpaired) electrons. The molecule has 0 spiro atoms. The van der Waals surface area contributed by atoms with Gasteiger partial charge in [0.05, 0.1) is 6.54 Å². The quantitative estimate of drug-likeness (QED) is 0.930. The van der Waals surface area contributed by atoms with Crippen LogP contribution in [0.2, 0.25) is 0 Å². The molecule has 2 rings (SSSR count). The van der Waals surface area contributed by atoms with E-state index in [1.165, 1.54) is 0 Å². The van der Waals surface area contributed by atoms with Crippen molar-refractivity contribution in [2.24, 2.45) is 7.05 Å². The van der Waals surface area contributed by atoms with Crippen LogP contribution in [0.1, 0.15) is 16.2 Å². The average Bonchev–Trinajstić information content (AvgIpc) is 2.74. The molecule has 2 heterocycles. The van der Waals surface area contributed by atoms with Crippen molar-refractivity contribution in [1.29, 1.82) is 0 Å². The number of aryl methyl sites for hydroxylation is 1. The van der Waals surface area contributed by atoms with Gasteiger partial charge < -0.3 is 14.6 Å². The number of halogens is 1. The highest BCUT2D eigenvalue weighted by Crippen LogP contribution is 2.21. The van der Waals surface area contributed by atoms with Crippen LogP contribution in [0.4, 0.5) is 5.82 Å². The van der Waals surface area contributed by atoms with Crippen LogP contribution in [-0.2, 0) is 13.6 Å². The molecule has 0 saturated carbocycles. The minimum absolute atomic E-state index is 0.158. The van der Waals surface area contributed by atoms with E-state index in [0.717, 1.165) is 5.82 Å². The maximum atomic E-state index is 11.2. The normalized spacial score (nSPS) is 10.5. The van der Waals surface area contributed by atoms with E-state index >= 15 is 0 Å². The molecule has 0 fully saturated rings. The lowest BCUT2D eigenvalue weighted by Crippen LogP contribution is -2.22. The van der Waals surface area contributed by atoms with Crippen LogP contribution in [0.25, 0.3) is 0 Å². The zero-order chi connectivity index (χ0) is 14.0. The van der Waals surface area contributed by atoms with Gasteiger partial charge in [-0.3, -0.25) is 0 Å². The van der Waals surface area contributed by atoms with Crippen molar-refractivity contribution in [2.45, 2.75) is 6.54 Å². The van der Waals surface area contributed by atoms with E-state index in [0.29, 0.717) is 16.8 Å². The topological polar surface area (TPSA) is 71.2 Å². The van der Waals surface area contributed by atoms with Crippen molar-refractivity contribution in [3.05, 3.63) is 40.5 Å². The minimum atomic E-state index is -1.00. The molecule has 0 saturated heterocycles. The van der Waals surface area contributed by atoms with Gasteiger partial charge in [0, 0.05) is 37.2 Å². The van der Waals surface area contributed by atoms with Gasteiger partial charge >= 0.3 is 5.97 Å². The fourth-order valence-corrected chi connectivity index (χ4v) is 2.06. The lowest BCUT2D eigenvalue weighted by Gasteiger charge is -2.19. The number of pyridine rings is 1. The van der Waals surface area contributed by atoms with E-state index in [4.69, 9.17) is 0 Å². The molecule has 6 nitrogen and oxygen atoms in total. The zero-order valence-electron chi connectivity index (χ0n) is 10.5. The van der Waals surface area contributed by atoms with E-state index in [1.54, 1.807) is 30.4 Å². The molecule has 0 aliphatic rings. The molecule has 2 aromatic heterocycles. The molecule has 0 unspecified atom stereocenters. The monoisotopic (exact) mass is 324 g/mol. The number of nitrogens with zero attached hydrogens (tertiary/aromatic N) is 4. The Balaban J connectivity index is 2.31. The minimum Gasteiger partial charge on any atom is -0.478 e. The van der Waals surface area contributed by atoms with Gasteiger partial charge in [-0.05, 0) is 22.0 Å². The summed E-state index contributed by atoms with van der Waals surface area (Å²) in [6.45, 7) is 0.485. The van der Waals surface area contributed by atoms with E-state index in [-0.39, 0.29) is 5.56 Å². The number of hydrogen-bond donors (Lipinski definition) is 1. The van der Waals surface area contributed by atoms with Crippen LogP contribution in [0.5, 0.6) is 0 Å². The van der Waals surface area contributed by atoms with Crippen LogP contribution < -0.4 is 4.90 Å². The smallest absolute Gasteiger partial charge is 0.339 e. The van der Waals surface area contributed by atoms with Crippen LogP contribution in [0, 0.1) is 0 Å². The first-order valence-corrected chi connectivity index (χ1v) is 6.34. The summed E-state index contributed by atoms with van der Waals surface area (Å²) >= 11 is 3.23. The van der Waals surface area contributed by atoms with Crippen molar-refractivity contribution < 1.29 is 9.90 Å². The van der Waals surface area contributed by atoms with Gasteiger partial charge in [0.15, 0.2) is 0 Å². The molecular formula is C12H13BrN4O2. The standard InChI is InChI=1S/C12H13BrN4O2/c1-16-4-3-14-10(16)7-17(2)11-9(12(18)19)5-8(13)6-15-11/h3-6H,7H2,1-2H3,(H,18,19). The summed E-state index contributed by atoms with van der Waals surface area (Å²) in [5, 5.41) is 9.21. The average molecular weight is 325 g/mol. The Kier molecular flexibility index (Phi) is 3.84. The van der Waals surface area contributed by atoms with Crippen LogP contribution in [0.15, 0.2) is 29.1 Å². The molecule has 0 aromatic carbocycles. The van der Waals surface area contributed by atoms with Gasteiger partial charge in [-0.2, -0.15) is 0 Å². The van der Waals surface area contributed by atoms with Crippen molar-refractivity contribution in [1.82, 2.24) is 14.5 Å². The highest BCUT2D eigenvalue weighted by molar-refractivity contribution is 9.10. The third-order valence-electron chi connectivity index (χ3n) is 2.72. The lowest BCUT2D eigenvalue weighted by molar-refractivity contribution is 0.0697. The second kappa shape index (κ2) is 5.40. The molecule has 0 amide bonds. The summed E-state index contributed by atoms with van der Waals surface area (Å²) < 4.78 is 2.52. The van der Waals surface area contributed by atoms with Gasteiger partial charge in [0.2, 0.25) is 0 Å².